The minimum absolute atomic E-state index is 0.394. The van der Waals surface area contributed by atoms with Gasteiger partial charge in [0.15, 0.2) is 5.16 Å². The second-order valence-electron chi connectivity index (χ2n) is 3.30. The van der Waals surface area contributed by atoms with Gasteiger partial charge in [-0.15, -0.1) is 21.5 Å². The number of nitrogens with zero attached hydrogens (tertiary/aromatic N) is 3. The number of thiophene rings is 1. The second kappa shape index (κ2) is 11.2. The number of aromatic nitrogens is 3. The van der Waals surface area contributed by atoms with Gasteiger partial charge < -0.3 is 9.12 Å². The molecule has 0 aliphatic heterocycles. The normalized spacial score (nSPS) is 10.8. The zero-order valence-electron chi connectivity index (χ0n) is 11.4. The summed E-state index contributed by atoms with van der Waals surface area (Å²) in [6, 6.07) is 3.27. The molecule has 0 spiro atoms. The summed E-state index contributed by atoms with van der Waals surface area (Å²) in [5, 5.41) is 10.2. The third kappa shape index (κ3) is 8.14. The van der Waals surface area contributed by atoms with Crippen LogP contribution in [0.15, 0.2) is 33.2 Å². The van der Waals surface area contributed by atoms with E-state index in [1.54, 1.807) is 35.6 Å². The molecule has 0 bridgehead atoms. The minimum atomic E-state index is -2.03. The maximum Gasteiger partial charge on any atom is 0.190 e. The van der Waals surface area contributed by atoms with Gasteiger partial charge in [-0.1, -0.05) is 38.1 Å². The van der Waals surface area contributed by atoms with Gasteiger partial charge in [0.2, 0.25) is 0 Å². The Morgan fingerprint density at radius 1 is 1.53 bits per heavy atom. The smallest absolute Gasteiger partial charge is 0.190 e. The van der Waals surface area contributed by atoms with Crippen LogP contribution in [0, 0.1) is 0 Å². The lowest BCUT2D eigenvalue weighted by atomic mass is 10.6. The molecule has 0 N–H and O–H groups in total. The van der Waals surface area contributed by atoms with Crippen LogP contribution in [0.3, 0.4) is 0 Å². The monoisotopic (exact) mass is 320 g/mol. The fourth-order valence-electron chi connectivity index (χ4n) is 0.816. The van der Waals surface area contributed by atoms with E-state index in [-0.39, 0.29) is 0 Å². The van der Waals surface area contributed by atoms with Crippen molar-refractivity contribution in [3.8, 4) is 0 Å². The third-order valence-corrected chi connectivity index (χ3v) is 4.07. The zero-order chi connectivity index (χ0) is 14.7. The molecule has 1 unspecified atom stereocenters. The van der Waals surface area contributed by atoms with Gasteiger partial charge in [-0.05, 0) is 28.8 Å². The van der Waals surface area contributed by atoms with E-state index in [0.29, 0.717) is 4.21 Å². The highest BCUT2D eigenvalue weighted by molar-refractivity contribution is 7.98. The predicted molar refractivity (Wildman–Crippen MR) is 80.3 cm³/mol. The Labute approximate surface area is 124 Å². The number of rotatable bonds is 2. The first-order valence-electron chi connectivity index (χ1n) is 5.57. The van der Waals surface area contributed by atoms with Crippen LogP contribution in [0.4, 0.5) is 0 Å². The standard InChI is InChI=1S/C4H7N3S.C4H4O2S2.C3H8/c1-7-3-5-6-4(7)8-2;5-8(6)4-2-1-3-7-4;1-3-2/h3H,1-2H3;1-3H,(H,5,6);3H2,1-2H3/p-1. The molecule has 0 amide bonds. The zero-order valence-corrected chi connectivity index (χ0v) is 13.8. The molecule has 5 nitrogen and oxygen atoms in total. The van der Waals surface area contributed by atoms with Crippen LogP contribution in [-0.2, 0) is 18.1 Å². The van der Waals surface area contributed by atoms with Gasteiger partial charge in [0.25, 0.3) is 0 Å². The second-order valence-corrected chi connectivity index (χ2v) is 6.19. The van der Waals surface area contributed by atoms with Crippen molar-refractivity contribution in [2.24, 2.45) is 7.05 Å². The van der Waals surface area contributed by atoms with Crippen LogP contribution in [0.2, 0.25) is 0 Å². The SMILES string of the molecule is CCC.CSc1nncn1C.O=S([O-])c1cccs1. The average molecular weight is 320 g/mol. The van der Waals surface area contributed by atoms with Gasteiger partial charge in [-0.2, -0.15) is 0 Å². The maximum atomic E-state index is 10.1. The third-order valence-electron chi connectivity index (χ3n) is 1.51. The molecular formula is C11H18N3O2S3-. The number of hydrogen-bond donors (Lipinski definition) is 0. The van der Waals surface area contributed by atoms with Gasteiger partial charge in [-0.25, -0.2) is 0 Å². The molecule has 0 radical (unpaired) electrons. The molecule has 19 heavy (non-hydrogen) atoms. The van der Waals surface area contributed by atoms with Crippen molar-refractivity contribution >= 4 is 34.2 Å². The molecule has 2 rings (SSSR count). The van der Waals surface area contributed by atoms with E-state index >= 15 is 0 Å². The highest BCUT2D eigenvalue weighted by Gasteiger charge is 1.93. The molecule has 0 aliphatic carbocycles. The van der Waals surface area contributed by atoms with Gasteiger partial charge in [-0.3, -0.25) is 4.21 Å². The van der Waals surface area contributed by atoms with Gasteiger partial charge in [0, 0.05) is 7.05 Å². The summed E-state index contributed by atoms with van der Waals surface area (Å²) in [7, 11) is 1.92. The van der Waals surface area contributed by atoms with Crippen molar-refractivity contribution in [1.82, 2.24) is 14.8 Å². The molecule has 108 valence electrons. The molecule has 0 saturated heterocycles. The Morgan fingerprint density at radius 3 is 2.37 bits per heavy atom. The molecule has 0 fully saturated rings. The fourth-order valence-corrected chi connectivity index (χ4v) is 2.40. The lowest BCUT2D eigenvalue weighted by Crippen LogP contribution is -1.85. The van der Waals surface area contributed by atoms with Crippen LogP contribution in [0.1, 0.15) is 20.3 Å². The molecule has 8 heteroatoms. The Bertz CT molecular complexity index is 457. The molecule has 0 saturated carbocycles. The highest BCUT2D eigenvalue weighted by Crippen LogP contribution is 2.10. The highest BCUT2D eigenvalue weighted by atomic mass is 32.2. The van der Waals surface area contributed by atoms with E-state index in [9.17, 15) is 8.76 Å². The first-order valence-corrected chi connectivity index (χ1v) is 8.75. The lowest BCUT2D eigenvalue weighted by molar-refractivity contribution is 0.539. The van der Waals surface area contributed by atoms with Crippen LogP contribution < -0.4 is 0 Å². The molecule has 2 heterocycles. The van der Waals surface area contributed by atoms with E-state index in [1.165, 1.54) is 17.8 Å². The van der Waals surface area contributed by atoms with Gasteiger partial charge in [0.05, 0.1) is 4.21 Å². The number of thioether (sulfide) groups is 1. The van der Waals surface area contributed by atoms with E-state index in [2.05, 4.69) is 24.0 Å². The van der Waals surface area contributed by atoms with Crippen molar-refractivity contribution in [2.75, 3.05) is 6.26 Å². The first-order chi connectivity index (χ1) is 9.06. The first kappa shape index (κ1) is 18.3. The summed E-state index contributed by atoms with van der Waals surface area (Å²) in [6.07, 6.45) is 4.91. The molecular weight excluding hydrogens is 302 g/mol. The minimum Gasteiger partial charge on any atom is -0.768 e. The Balaban J connectivity index is 0.000000284. The van der Waals surface area contributed by atoms with E-state index in [1.807, 2.05) is 17.9 Å². The van der Waals surface area contributed by atoms with Crippen molar-refractivity contribution in [1.29, 1.82) is 0 Å². The summed E-state index contributed by atoms with van der Waals surface area (Å²) in [6.45, 7) is 4.25. The van der Waals surface area contributed by atoms with Crippen LogP contribution in [0.25, 0.3) is 0 Å². The summed E-state index contributed by atoms with van der Waals surface area (Å²) in [5.74, 6) is 0. The molecule has 2 aromatic rings. The Hall–Kier alpha value is -0.700. The van der Waals surface area contributed by atoms with Gasteiger partial charge in [0.1, 0.15) is 6.33 Å². The summed E-state index contributed by atoms with van der Waals surface area (Å²) < 4.78 is 22.4. The largest absolute Gasteiger partial charge is 0.768 e. The Morgan fingerprint density at radius 2 is 2.16 bits per heavy atom. The van der Waals surface area contributed by atoms with Crippen molar-refractivity contribution < 1.29 is 8.76 Å². The van der Waals surface area contributed by atoms with Crippen LogP contribution >= 0.6 is 23.1 Å². The van der Waals surface area contributed by atoms with Crippen LogP contribution in [-0.4, -0.2) is 29.8 Å². The quantitative estimate of drug-likeness (QED) is 0.628. The van der Waals surface area contributed by atoms with E-state index in [4.69, 9.17) is 0 Å². The number of aryl methyl sites for hydroxylation is 1. The van der Waals surface area contributed by atoms with E-state index < -0.39 is 11.1 Å². The number of hydrogen-bond acceptors (Lipinski definition) is 6. The summed E-state index contributed by atoms with van der Waals surface area (Å²) in [4.78, 5) is 0. The summed E-state index contributed by atoms with van der Waals surface area (Å²) in [5.41, 5.74) is 0. The molecule has 1 atom stereocenters. The van der Waals surface area contributed by atoms with Crippen molar-refractivity contribution in [3.63, 3.8) is 0 Å². The Kier molecular flexibility index (Phi) is 10.7. The summed E-state index contributed by atoms with van der Waals surface area (Å²) >= 11 is 0.780. The lowest BCUT2D eigenvalue weighted by Gasteiger charge is -1.96. The fraction of sp³-hybridized carbons (Fsp3) is 0.455. The van der Waals surface area contributed by atoms with Crippen molar-refractivity contribution in [2.45, 2.75) is 29.6 Å². The molecule has 0 aromatic carbocycles. The topological polar surface area (TPSA) is 70.8 Å². The van der Waals surface area contributed by atoms with E-state index in [0.717, 1.165) is 5.16 Å². The average Bonchev–Trinajstić information content (AvgIpc) is 3.01. The molecule has 2 aromatic heterocycles. The maximum absolute atomic E-state index is 10.1. The van der Waals surface area contributed by atoms with Gasteiger partial charge >= 0.3 is 0 Å². The predicted octanol–water partition coefficient (Wildman–Crippen LogP) is 2.94. The van der Waals surface area contributed by atoms with Crippen LogP contribution in [0.5, 0.6) is 0 Å². The molecule has 0 aliphatic rings. The van der Waals surface area contributed by atoms with Crippen molar-refractivity contribution in [3.05, 3.63) is 23.8 Å².